The number of urea groups is 1. The van der Waals surface area contributed by atoms with Gasteiger partial charge in [0, 0.05) is 38.3 Å². The Kier molecular flexibility index (Phi) is 7.64. The first-order chi connectivity index (χ1) is 15.8. The van der Waals surface area contributed by atoms with E-state index in [1.807, 2.05) is 0 Å². The number of aliphatic imine (C=N–C) groups is 1. The molecule has 13 heteroatoms. The van der Waals surface area contributed by atoms with E-state index in [1.54, 1.807) is 9.80 Å². The van der Waals surface area contributed by atoms with E-state index >= 15 is 0 Å². The molecule has 2 saturated heterocycles. The first-order valence-electron chi connectivity index (χ1n) is 10.6. The van der Waals surface area contributed by atoms with E-state index in [0.29, 0.717) is 31.6 Å². The summed E-state index contributed by atoms with van der Waals surface area (Å²) in [6, 6.07) is 4.83. The summed E-state index contributed by atoms with van der Waals surface area (Å²) in [6.45, 7) is 1.36. The Labute approximate surface area is 190 Å². The van der Waals surface area contributed by atoms with Crippen LogP contribution in [-0.2, 0) is 16.1 Å². The topological polar surface area (TPSA) is 178 Å². The van der Waals surface area contributed by atoms with Crippen molar-refractivity contribution in [1.82, 2.24) is 14.7 Å². The van der Waals surface area contributed by atoms with Gasteiger partial charge in [-0.25, -0.2) is 19.5 Å². The number of guanidine groups is 1. The van der Waals surface area contributed by atoms with Gasteiger partial charge in [-0.2, -0.15) is 0 Å². The quantitative estimate of drug-likeness (QED) is 0.268. The Morgan fingerprint density at radius 2 is 1.79 bits per heavy atom. The zero-order valence-electron chi connectivity index (χ0n) is 18.1. The van der Waals surface area contributed by atoms with Crippen LogP contribution < -0.4 is 11.5 Å². The molecule has 0 bridgehead atoms. The average Bonchev–Trinajstić information content (AvgIpc) is 3.49. The molecule has 0 aromatic heterocycles. The van der Waals surface area contributed by atoms with Crippen LogP contribution in [0.2, 0.25) is 0 Å². The van der Waals surface area contributed by atoms with Crippen molar-refractivity contribution >= 4 is 29.7 Å². The van der Waals surface area contributed by atoms with Gasteiger partial charge in [-0.15, -0.1) is 0 Å². The van der Waals surface area contributed by atoms with Crippen molar-refractivity contribution in [2.45, 2.75) is 31.9 Å². The highest BCUT2D eigenvalue weighted by Gasteiger charge is 2.38. The van der Waals surface area contributed by atoms with Crippen LogP contribution in [0.1, 0.15) is 24.8 Å². The van der Waals surface area contributed by atoms with Gasteiger partial charge < -0.3 is 26.0 Å². The summed E-state index contributed by atoms with van der Waals surface area (Å²) in [6.07, 6.45) is 1.42. The van der Waals surface area contributed by atoms with Gasteiger partial charge in [0.1, 0.15) is 13.2 Å². The maximum absolute atomic E-state index is 12.8. The van der Waals surface area contributed by atoms with Crippen LogP contribution in [0, 0.1) is 10.1 Å². The second kappa shape index (κ2) is 10.6. The Morgan fingerprint density at radius 3 is 2.39 bits per heavy atom. The van der Waals surface area contributed by atoms with Crippen molar-refractivity contribution < 1.29 is 24.0 Å². The van der Waals surface area contributed by atoms with Gasteiger partial charge in [0.25, 0.3) is 11.6 Å². The van der Waals surface area contributed by atoms with Gasteiger partial charge in [-0.3, -0.25) is 14.9 Å². The van der Waals surface area contributed by atoms with Gasteiger partial charge in [0.15, 0.2) is 5.96 Å². The van der Waals surface area contributed by atoms with E-state index in [2.05, 4.69) is 4.99 Å². The molecular formula is C20H27N7O6. The molecule has 33 heavy (non-hydrogen) atoms. The third-order valence-corrected chi connectivity index (χ3v) is 5.55. The fourth-order valence-electron chi connectivity index (χ4n) is 3.85. The molecule has 178 valence electrons. The molecule has 0 spiro atoms. The number of nitrogens with zero attached hydrogens (tertiary/aromatic N) is 5. The van der Waals surface area contributed by atoms with Crippen LogP contribution >= 0.6 is 0 Å². The van der Waals surface area contributed by atoms with E-state index in [4.69, 9.17) is 16.2 Å². The fraction of sp³-hybridized carbons (Fsp3) is 0.500. The monoisotopic (exact) mass is 461 g/mol. The first-order valence-corrected chi connectivity index (χ1v) is 10.6. The molecule has 0 unspecified atom stereocenters. The number of nitrogens with two attached hydrogens (primary N) is 2. The van der Waals surface area contributed by atoms with Crippen molar-refractivity contribution in [2.24, 2.45) is 16.5 Å². The number of non-ortho nitro benzene ring substituents is 1. The SMILES string of the molecule is NC(N)=NCC(=O)N(C(=O)OCc1ccc([N+](=O)[O-])cc1)[C@H]1CCN(C(=O)N2CCCC2)C1. The molecule has 4 amide bonds. The van der Waals surface area contributed by atoms with E-state index < -0.39 is 29.5 Å². The summed E-state index contributed by atoms with van der Waals surface area (Å²) < 4.78 is 5.30. The first kappa shape index (κ1) is 23.8. The summed E-state index contributed by atoms with van der Waals surface area (Å²) >= 11 is 0. The molecule has 2 aliphatic rings. The highest BCUT2D eigenvalue weighted by Crippen LogP contribution is 2.21. The third-order valence-electron chi connectivity index (χ3n) is 5.55. The van der Waals surface area contributed by atoms with Crippen molar-refractivity contribution in [3.05, 3.63) is 39.9 Å². The minimum Gasteiger partial charge on any atom is -0.444 e. The molecule has 3 rings (SSSR count). The number of carbonyl (C=O) groups excluding carboxylic acids is 3. The zero-order chi connectivity index (χ0) is 24.0. The summed E-state index contributed by atoms with van der Waals surface area (Å²) in [7, 11) is 0. The van der Waals surface area contributed by atoms with Crippen LogP contribution in [0.25, 0.3) is 0 Å². The van der Waals surface area contributed by atoms with Crippen LogP contribution in [0.5, 0.6) is 0 Å². The number of hydrogen-bond acceptors (Lipinski definition) is 7. The second-order valence-corrected chi connectivity index (χ2v) is 7.85. The maximum atomic E-state index is 12.8. The largest absolute Gasteiger partial charge is 0.444 e. The normalized spacial score (nSPS) is 17.5. The van der Waals surface area contributed by atoms with Crippen LogP contribution in [-0.4, -0.2) is 82.4 Å². The second-order valence-electron chi connectivity index (χ2n) is 7.85. The van der Waals surface area contributed by atoms with Crippen molar-refractivity contribution in [2.75, 3.05) is 32.7 Å². The zero-order valence-corrected chi connectivity index (χ0v) is 18.1. The molecule has 0 saturated carbocycles. The van der Waals surface area contributed by atoms with Gasteiger partial charge in [-0.05, 0) is 37.0 Å². The Balaban J connectivity index is 1.67. The number of carbonyl (C=O) groups is 3. The Hall–Kier alpha value is -3.90. The molecule has 1 aromatic carbocycles. The fourth-order valence-corrected chi connectivity index (χ4v) is 3.85. The van der Waals surface area contributed by atoms with Crippen LogP contribution in [0.15, 0.2) is 29.3 Å². The number of likely N-dealkylation sites (tertiary alicyclic amines) is 2. The number of nitro groups is 1. The number of imide groups is 1. The van der Waals surface area contributed by atoms with Crippen molar-refractivity contribution in [3.63, 3.8) is 0 Å². The molecule has 1 aromatic rings. The highest BCUT2D eigenvalue weighted by molar-refractivity contribution is 5.94. The molecule has 4 N–H and O–H groups in total. The van der Waals surface area contributed by atoms with Crippen LogP contribution in [0.4, 0.5) is 15.3 Å². The number of amides is 4. The number of hydrogen-bond donors (Lipinski definition) is 2. The third kappa shape index (κ3) is 6.08. The Morgan fingerprint density at radius 1 is 1.12 bits per heavy atom. The van der Waals surface area contributed by atoms with Crippen molar-refractivity contribution in [1.29, 1.82) is 0 Å². The lowest BCUT2D eigenvalue weighted by atomic mass is 10.2. The van der Waals surface area contributed by atoms with Crippen molar-refractivity contribution in [3.8, 4) is 0 Å². The lowest BCUT2D eigenvalue weighted by molar-refractivity contribution is -0.384. The molecular weight excluding hydrogens is 434 g/mol. The average molecular weight is 461 g/mol. The maximum Gasteiger partial charge on any atom is 0.417 e. The van der Waals surface area contributed by atoms with E-state index in [9.17, 15) is 24.5 Å². The van der Waals surface area contributed by atoms with E-state index in [0.717, 1.165) is 17.7 Å². The summed E-state index contributed by atoms with van der Waals surface area (Å²) in [5.74, 6) is -0.947. The highest BCUT2D eigenvalue weighted by atomic mass is 16.6. The molecule has 2 heterocycles. The lowest BCUT2D eigenvalue weighted by Gasteiger charge is -2.27. The van der Waals surface area contributed by atoms with Gasteiger partial charge >= 0.3 is 12.1 Å². The standard InChI is InChI=1S/C20H27N7O6/c21-18(22)23-11-17(28)26(16-7-10-25(12-16)19(29)24-8-1-2-9-24)20(30)33-13-14-3-5-15(6-4-14)27(31)32/h3-6,16H,1-2,7-13H2,(H4,21,22,23)/t16-/m0/s1. The number of rotatable bonds is 6. The minimum atomic E-state index is -0.899. The predicted molar refractivity (Wildman–Crippen MR) is 117 cm³/mol. The summed E-state index contributed by atoms with van der Waals surface area (Å²) in [5.41, 5.74) is 11.0. The molecule has 0 radical (unpaired) electrons. The molecule has 0 aliphatic carbocycles. The van der Waals surface area contributed by atoms with E-state index in [1.165, 1.54) is 24.3 Å². The van der Waals surface area contributed by atoms with Gasteiger partial charge in [-0.1, -0.05) is 0 Å². The summed E-state index contributed by atoms with van der Waals surface area (Å²) in [5, 5.41) is 10.8. The predicted octanol–water partition coefficient (Wildman–Crippen LogP) is 0.624. The van der Waals surface area contributed by atoms with Gasteiger partial charge in [0.2, 0.25) is 0 Å². The van der Waals surface area contributed by atoms with Crippen LogP contribution in [0.3, 0.4) is 0 Å². The number of benzene rings is 1. The number of nitro benzene ring substituents is 1. The summed E-state index contributed by atoms with van der Waals surface area (Å²) in [4.78, 5) is 56.6. The smallest absolute Gasteiger partial charge is 0.417 e. The lowest BCUT2D eigenvalue weighted by Crippen LogP contribution is -2.49. The number of ether oxygens (including phenoxy) is 1. The minimum absolute atomic E-state index is 0.0900. The Bertz CT molecular complexity index is 925. The van der Waals surface area contributed by atoms with Gasteiger partial charge in [0.05, 0.1) is 11.0 Å². The molecule has 13 nitrogen and oxygen atoms in total. The molecule has 2 aliphatic heterocycles. The molecule has 1 atom stereocenters. The molecule has 2 fully saturated rings. The van der Waals surface area contributed by atoms with E-state index in [-0.39, 0.29) is 30.8 Å².